The maximum absolute atomic E-state index is 6.11. The molecule has 0 saturated heterocycles. The predicted octanol–water partition coefficient (Wildman–Crippen LogP) is 3.28. The molecule has 2 heterocycles. The van der Waals surface area contributed by atoms with E-state index in [2.05, 4.69) is 20.3 Å². The van der Waals surface area contributed by atoms with E-state index in [1.165, 1.54) is 0 Å². The molecule has 0 atom stereocenters. The Bertz CT molecular complexity index is 877. The minimum Gasteiger partial charge on any atom is -0.497 e. The van der Waals surface area contributed by atoms with E-state index in [9.17, 15) is 0 Å². The van der Waals surface area contributed by atoms with Crippen LogP contribution < -0.4 is 14.8 Å². The van der Waals surface area contributed by atoms with Gasteiger partial charge in [0.15, 0.2) is 17.0 Å². The van der Waals surface area contributed by atoms with E-state index < -0.39 is 0 Å². The van der Waals surface area contributed by atoms with Crippen LogP contribution in [0.25, 0.3) is 11.2 Å². The number of nitrogens with one attached hydrogen (secondary N) is 1. The highest BCUT2D eigenvalue weighted by molar-refractivity contribution is 6.28. The van der Waals surface area contributed by atoms with Crippen LogP contribution >= 0.6 is 11.6 Å². The van der Waals surface area contributed by atoms with Crippen molar-refractivity contribution in [3.05, 3.63) is 29.8 Å². The summed E-state index contributed by atoms with van der Waals surface area (Å²) in [6, 6.07) is 5.45. The van der Waals surface area contributed by atoms with Gasteiger partial charge in [-0.3, -0.25) is 0 Å². The molecule has 8 nitrogen and oxygen atoms in total. The molecule has 0 radical (unpaired) electrons. The minimum absolute atomic E-state index is 0.132. The first-order valence-corrected chi connectivity index (χ1v) is 8.48. The van der Waals surface area contributed by atoms with Gasteiger partial charge in [-0.05, 0) is 18.5 Å². The van der Waals surface area contributed by atoms with Gasteiger partial charge >= 0.3 is 0 Å². The van der Waals surface area contributed by atoms with E-state index in [-0.39, 0.29) is 5.28 Å². The molecule has 0 aliphatic carbocycles. The SMILES string of the molecule is CCOCCn1cnc2c(Nc3cc(OC)cc(OC)c3)nc(Cl)nc21. The fourth-order valence-corrected chi connectivity index (χ4v) is 2.66. The Kier molecular flexibility index (Phi) is 5.75. The van der Waals surface area contributed by atoms with Crippen LogP contribution in [0.15, 0.2) is 24.5 Å². The summed E-state index contributed by atoms with van der Waals surface area (Å²) < 4.78 is 17.9. The molecule has 26 heavy (non-hydrogen) atoms. The number of aromatic nitrogens is 4. The number of benzene rings is 1. The molecule has 0 spiro atoms. The number of hydrogen-bond acceptors (Lipinski definition) is 7. The maximum atomic E-state index is 6.11. The zero-order chi connectivity index (χ0) is 18.5. The van der Waals surface area contributed by atoms with E-state index in [1.54, 1.807) is 26.6 Å². The number of methoxy groups -OCH3 is 2. The quantitative estimate of drug-likeness (QED) is 0.476. The number of anilines is 2. The Morgan fingerprint density at radius 2 is 1.85 bits per heavy atom. The van der Waals surface area contributed by atoms with Crippen LogP contribution in [0.4, 0.5) is 11.5 Å². The minimum atomic E-state index is 0.132. The molecule has 1 N–H and O–H groups in total. The summed E-state index contributed by atoms with van der Waals surface area (Å²) in [6.07, 6.45) is 1.70. The number of imidazole rings is 1. The lowest BCUT2D eigenvalue weighted by atomic mass is 10.2. The number of halogens is 1. The van der Waals surface area contributed by atoms with Crippen molar-refractivity contribution in [3.8, 4) is 11.5 Å². The molecule has 3 rings (SSSR count). The number of nitrogens with zero attached hydrogens (tertiary/aromatic N) is 4. The summed E-state index contributed by atoms with van der Waals surface area (Å²) >= 11 is 6.11. The van der Waals surface area contributed by atoms with Crippen molar-refractivity contribution < 1.29 is 14.2 Å². The van der Waals surface area contributed by atoms with Crippen LogP contribution in [0.5, 0.6) is 11.5 Å². The second-order valence-electron chi connectivity index (χ2n) is 5.37. The van der Waals surface area contributed by atoms with Crippen LogP contribution in [-0.2, 0) is 11.3 Å². The van der Waals surface area contributed by atoms with Gasteiger partial charge in [0.2, 0.25) is 5.28 Å². The zero-order valence-electron chi connectivity index (χ0n) is 14.8. The Morgan fingerprint density at radius 1 is 1.12 bits per heavy atom. The number of ether oxygens (including phenoxy) is 3. The van der Waals surface area contributed by atoms with Gasteiger partial charge in [0.25, 0.3) is 0 Å². The van der Waals surface area contributed by atoms with E-state index in [0.29, 0.717) is 48.2 Å². The van der Waals surface area contributed by atoms with E-state index in [0.717, 1.165) is 5.69 Å². The molecule has 138 valence electrons. The highest BCUT2D eigenvalue weighted by atomic mass is 35.5. The Hall–Kier alpha value is -2.58. The van der Waals surface area contributed by atoms with Gasteiger partial charge in [-0.1, -0.05) is 0 Å². The van der Waals surface area contributed by atoms with Gasteiger partial charge in [-0.25, -0.2) is 4.98 Å². The molecule has 0 aliphatic rings. The zero-order valence-corrected chi connectivity index (χ0v) is 15.6. The third-order valence-electron chi connectivity index (χ3n) is 3.73. The van der Waals surface area contributed by atoms with Crippen molar-refractivity contribution >= 4 is 34.3 Å². The van der Waals surface area contributed by atoms with Crippen LogP contribution in [0.2, 0.25) is 5.28 Å². The predicted molar refractivity (Wildman–Crippen MR) is 99.7 cm³/mol. The molecule has 1 aromatic carbocycles. The molecular formula is C17H20ClN5O3. The molecule has 0 amide bonds. The third-order valence-corrected chi connectivity index (χ3v) is 3.90. The maximum Gasteiger partial charge on any atom is 0.226 e. The highest BCUT2D eigenvalue weighted by Crippen LogP contribution is 2.30. The Labute approximate surface area is 156 Å². The molecule has 0 bridgehead atoms. The van der Waals surface area contributed by atoms with Crippen LogP contribution in [0.3, 0.4) is 0 Å². The monoisotopic (exact) mass is 377 g/mol. The van der Waals surface area contributed by atoms with Crippen molar-refractivity contribution in [3.63, 3.8) is 0 Å². The van der Waals surface area contributed by atoms with Crippen molar-refractivity contribution in [1.29, 1.82) is 0 Å². The lowest BCUT2D eigenvalue weighted by Crippen LogP contribution is -2.06. The summed E-state index contributed by atoms with van der Waals surface area (Å²) in [6.45, 7) is 3.81. The van der Waals surface area contributed by atoms with Crippen molar-refractivity contribution in [2.75, 3.05) is 32.8 Å². The molecule has 0 unspecified atom stereocenters. The molecule has 0 saturated carbocycles. The summed E-state index contributed by atoms with van der Waals surface area (Å²) in [4.78, 5) is 13.0. The Balaban J connectivity index is 1.95. The summed E-state index contributed by atoms with van der Waals surface area (Å²) in [5.74, 6) is 1.82. The van der Waals surface area contributed by atoms with Gasteiger partial charge in [-0.15, -0.1) is 0 Å². The summed E-state index contributed by atoms with van der Waals surface area (Å²) in [5.41, 5.74) is 2.00. The molecule has 9 heteroatoms. The number of rotatable bonds is 8. The first-order chi connectivity index (χ1) is 12.6. The van der Waals surface area contributed by atoms with E-state index in [1.807, 2.05) is 23.6 Å². The standard InChI is InChI=1S/C17H20ClN5O3/c1-4-26-6-5-23-10-19-14-15(21-17(18)22-16(14)23)20-11-7-12(24-2)9-13(8-11)25-3/h7-10H,4-6H2,1-3H3,(H,20,21,22). The lowest BCUT2D eigenvalue weighted by molar-refractivity contribution is 0.139. The molecule has 0 aliphatic heterocycles. The van der Waals surface area contributed by atoms with Crippen LogP contribution in [0, 0.1) is 0 Å². The van der Waals surface area contributed by atoms with Crippen LogP contribution in [-0.4, -0.2) is 47.0 Å². The fraction of sp³-hybridized carbons (Fsp3) is 0.353. The van der Waals surface area contributed by atoms with Crippen LogP contribution in [0.1, 0.15) is 6.92 Å². The van der Waals surface area contributed by atoms with Crippen molar-refractivity contribution in [2.24, 2.45) is 0 Å². The fourth-order valence-electron chi connectivity index (χ4n) is 2.49. The summed E-state index contributed by atoms with van der Waals surface area (Å²) in [5, 5.41) is 3.35. The van der Waals surface area contributed by atoms with Gasteiger partial charge in [0, 0.05) is 37.0 Å². The highest BCUT2D eigenvalue weighted by Gasteiger charge is 2.14. The van der Waals surface area contributed by atoms with Crippen molar-refractivity contribution in [1.82, 2.24) is 19.5 Å². The lowest BCUT2D eigenvalue weighted by Gasteiger charge is -2.11. The second kappa shape index (κ2) is 8.20. The largest absolute Gasteiger partial charge is 0.497 e. The molecule has 2 aromatic heterocycles. The van der Waals surface area contributed by atoms with Gasteiger partial charge in [0.05, 0.1) is 27.2 Å². The molecular weight excluding hydrogens is 358 g/mol. The normalized spacial score (nSPS) is 10.9. The number of fused-ring (bicyclic) bond motifs is 1. The van der Waals surface area contributed by atoms with Crippen molar-refractivity contribution in [2.45, 2.75) is 13.5 Å². The Morgan fingerprint density at radius 3 is 2.50 bits per heavy atom. The van der Waals surface area contributed by atoms with E-state index >= 15 is 0 Å². The third kappa shape index (κ3) is 3.97. The molecule has 0 fully saturated rings. The van der Waals surface area contributed by atoms with Gasteiger partial charge in [-0.2, -0.15) is 9.97 Å². The van der Waals surface area contributed by atoms with Gasteiger partial charge in [0.1, 0.15) is 11.5 Å². The average Bonchev–Trinajstić information content (AvgIpc) is 3.04. The van der Waals surface area contributed by atoms with E-state index in [4.69, 9.17) is 25.8 Å². The average molecular weight is 378 g/mol. The topological polar surface area (TPSA) is 83.3 Å². The first kappa shape index (κ1) is 18.2. The molecule has 3 aromatic rings. The van der Waals surface area contributed by atoms with Gasteiger partial charge < -0.3 is 24.1 Å². The smallest absolute Gasteiger partial charge is 0.226 e. The summed E-state index contributed by atoms with van der Waals surface area (Å²) in [7, 11) is 3.19. The first-order valence-electron chi connectivity index (χ1n) is 8.10. The second-order valence-corrected chi connectivity index (χ2v) is 5.71. The number of hydrogen-bond donors (Lipinski definition) is 1.